The Labute approximate surface area is 416 Å². The number of hydrogen-bond donors (Lipinski definition) is 0. The molecule has 3 nitrogen and oxygen atoms in total. The maximum atomic E-state index is 6.40. The highest BCUT2D eigenvalue weighted by Crippen LogP contribution is 2.48. The molecule has 70 heavy (non-hydrogen) atoms. The monoisotopic (exact) mass is 918 g/mol. The van der Waals surface area contributed by atoms with Gasteiger partial charge in [0.05, 0.1) is 16.9 Å². The smallest absolute Gasteiger partial charge is 0.185 e. The van der Waals surface area contributed by atoms with Crippen LogP contribution in [0, 0.1) is 0 Å². The minimum Gasteiger partial charge on any atom is -0.339 e. The van der Waals surface area contributed by atoms with Gasteiger partial charge in [-0.25, -0.2) is 0 Å². The van der Waals surface area contributed by atoms with Gasteiger partial charge in [0, 0.05) is 44.0 Å². The van der Waals surface area contributed by atoms with E-state index in [9.17, 15) is 0 Å². The molecule has 1 aliphatic heterocycles. The molecule has 0 atom stereocenters. The first-order valence-electron chi connectivity index (χ1n) is 25.1. The van der Waals surface area contributed by atoms with Gasteiger partial charge >= 0.3 is 0 Å². The highest BCUT2D eigenvalue weighted by atomic mass is 16.7. The molecule has 0 amide bonds. The molecule has 3 heteroatoms. The zero-order valence-electron chi connectivity index (χ0n) is 42.7. The lowest BCUT2D eigenvalue weighted by Crippen LogP contribution is -2.41. The molecule has 10 rings (SSSR count). The summed E-state index contributed by atoms with van der Waals surface area (Å²) in [6.45, 7) is 22.3. The Kier molecular flexibility index (Phi) is 12.0. The van der Waals surface area contributed by atoms with E-state index in [-0.39, 0.29) is 27.4 Å². The fourth-order valence-corrected chi connectivity index (χ4v) is 10.6. The van der Waals surface area contributed by atoms with E-state index in [2.05, 4.69) is 280 Å². The van der Waals surface area contributed by atoms with E-state index in [1.54, 1.807) is 0 Å². The number of ether oxygens (including phenoxy) is 2. The summed E-state index contributed by atoms with van der Waals surface area (Å²) >= 11 is 0. The number of nitrogens with zero attached hydrogens (tertiary/aromatic N) is 1. The van der Waals surface area contributed by atoms with Crippen LogP contribution in [0.25, 0.3) is 21.5 Å². The zero-order chi connectivity index (χ0) is 49.1. The SMILES string of the molecule is CC(C)(c1ccccc1)c1ccc(Cc2c3ccccc3c(N(c3ccc(C(C)(C)c4ccccc4)cc3)c3ccc(C(C)(C)c4ccc(C5OC(C)(C)C(C)(C)O5)cc4)cc3)c3ccccc23)cc1. The fourth-order valence-electron chi connectivity index (χ4n) is 10.6. The first-order chi connectivity index (χ1) is 33.5. The van der Waals surface area contributed by atoms with Crippen LogP contribution in [0.4, 0.5) is 17.1 Å². The second-order valence-corrected chi connectivity index (χ2v) is 22.0. The molecule has 1 aliphatic rings. The van der Waals surface area contributed by atoms with Crippen molar-refractivity contribution in [3.05, 3.63) is 256 Å². The summed E-state index contributed by atoms with van der Waals surface area (Å²) in [5.74, 6) is 0. The summed E-state index contributed by atoms with van der Waals surface area (Å²) in [5, 5.41) is 4.97. The minimum absolute atomic E-state index is 0.102. The molecular formula is C67H67NO2. The highest BCUT2D eigenvalue weighted by molar-refractivity contribution is 6.16. The highest BCUT2D eigenvalue weighted by Gasteiger charge is 2.49. The fraction of sp³-hybridized carbons (Fsp3) is 0.254. The van der Waals surface area contributed by atoms with Crippen LogP contribution in [0.1, 0.15) is 126 Å². The Hall–Kier alpha value is -6.78. The maximum absolute atomic E-state index is 6.40. The molecular weight excluding hydrogens is 851 g/mol. The number of rotatable bonds is 12. The van der Waals surface area contributed by atoms with E-state index < -0.39 is 6.29 Å². The molecule has 1 saturated heterocycles. The van der Waals surface area contributed by atoms with E-state index in [1.165, 1.54) is 71.7 Å². The van der Waals surface area contributed by atoms with Gasteiger partial charge in [0.2, 0.25) is 0 Å². The normalized spacial score (nSPS) is 15.1. The standard InChI is InChI=1S/C67H67NO2/c1-63(2,48-21-13-11-14-22-48)50-33-29-46(30-34-50)45-60-56-25-17-19-27-58(56)61(59-28-20-18-26-57(59)60)68(54-41-37-52(38-42-54)64(3,4)49-23-15-12-16-24-49)55-43-39-53(40-44-55)65(5,6)51-35-31-47(32-36-51)62-69-66(7,8)67(9,10)70-62/h11-44,62H,45H2,1-10H3. The van der Waals surface area contributed by atoms with Crippen LogP contribution in [-0.2, 0) is 32.1 Å². The van der Waals surface area contributed by atoms with Gasteiger partial charge in [0.1, 0.15) is 0 Å². The van der Waals surface area contributed by atoms with Crippen molar-refractivity contribution >= 4 is 38.6 Å². The van der Waals surface area contributed by atoms with E-state index in [0.717, 1.165) is 23.4 Å². The Balaban J connectivity index is 1.06. The van der Waals surface area contributed by atoms with Crippen molar-refractivity contribution in [2.75, 3.05) is 4.90 Å². The second-order valence-electron chi connectivity index (χ2n) is 22.0. The van der Waals surface area contributed by atoms with Gasteiger partial charge < -0.3 is 14.4 Å². The molecule has 0 bridgehead atoms. The topological polar surface area (TPSA) is 21.7 Å². The van der Waals surface area contributed by atoms with Crippen LogP contribution in [0.2, 0.25) is 0 Å². The van der Waals surface area contributed by atoms with Crippen LogP contribution < -0.4 is 4.90 Å². The molecule has 1 fully saturated rings. The van der Waals surface area contributed by atoms with Crippen molar-refractivity contribution in [1.29, 1.82) is 0 Å². The third-order valence-electron chi connectivity index (χ3n) is 16.1. The third kappa shape index (κ3) is 8.44. The Morgan fingerprint density at radius 3 is 1.07 bits per heavy atom. The Morgan fingerprint density at radius 2 is 0.686 bits per heavy atom. The molecule has 0 spiro atoms. The quantitative estimate of drug-likeness (QED) is 0.114. The second kappa shape index (κ2) is 17.9. The van der Waals surface area contributed by atoms with Crippen LogP contribution in [0.15, 0.2) is 206 Å². The molecule has 0 aromatic heterocycles. The number of fused-ring (bicyclic) bond motifs is 2. The van der Waals surface area contributed by atoms with Crippen molar-refractivity contribution in [3.8, 4) is 0 Å². The Morgan fingerprint density at radius 1 is 0.371 bits per heavy atom. The van der Waals surface area contributed by atoms with Gasteiger partial charge in [0.15, 0.2) is 6.29 Å². The first kappa shape index (κ1) is 46.9. The predicted octanol–water partition coefficient (Wildman–Crippen LogP) is 17.6. The average molecular weight is 918 g/mol. The van der Waals surface area contributed by atoms with E-state index in [4.69, 9.17) is 9.47 Å². The summed E-state index contributed by atoms with van der Waals surface area (Å²) in [6.07, 6.45) is 0.425. The summed E-state index contributed by atoms with van der Waals surface area (Å²) in [4.78, 5) is 2.49. The molecule has 0 N–H and O–H groups in total. The van der Waals surface area contributed by atoms with Crippen molar-refractivity contribution in [3.63, 3.8) is 0 Å². The van der Waals surface area contributed by atoms with Gasteiger partial charge in [-0.1, -0.05) is 224 Å². The van der Waals surface area contributed by atoms with Gasteiger partial charge in [-0.05, 0) is 114 Å². The molecule has 0 unspecified atom stereocenters. The molecule has 352 valence electrons. The molecule has 9 aromatic rings. The average Bonchev–Trinajstić information content (AvgIpc) is 3.61. The van der Waals surface area contributed by atoms with Gasteiger partial charge in [-0.3, -0.25) is 0 Å². The lowest BCUT2D eigenvalue weighted by molar-refractivity contribution is -0.0895. The maximum Gasteiger partial charge on any atom is 0.185 e. The zero-order valence-corrected chi connectivity index (χ0v) is 42.7. The van der Waals surface area contributed by atoms with Crippen molar-refractivity contribution in [2.24, 2.45) is 0 Å². The van der Waals surface area contributed by atoms with Gasteiger partial charge in [-0.2, -0.15) is 0 Å². The number of benzene rings is 9. The third-order valence-corrected chi connectivity index (χ3v) is 16.1. The summed E-state index contributed by atoms with van der Waals surface area (Å²) in [5.41, 5.74) is 13.4. The van der Waals surface area contributed by atoms with Crippen LogP contribution in [0.5, 0.6) is 0 Å². The van der Waals surface area contributed by atoms with Crippen molar-refractivity contribution in [2.45, 2.75) is 109 Å². The van der Waals surface area contributed by atoms with Crippen molar-refractivity contribution < 1.29 is 9.47 Å². The minimum atomic E-state index is -0.392. The number of hydrogen-bond acceptors (Lipinski definition) is 3. The van der Waals surface area contributed by atoms with E-state index in [0.29, 0.717) is 0 Å². The van der Waals surface area contributed by atoms with Gasteiger partial charge in [-0.15, -0.1) is 0 Å². The first-order valence-corrected chi connectivity index (χ1v) is 25.1. The lowest BCUT2D eigenvalue weighted by Gasteiger charge is -2.32. The Bertz CT molecular complexity index is 3200. The summed E-state index contributed by atoms with van der Waals surface area (Å²) in [7, 11) is 0. The van der Waals surface area contributed by atoms with E-state index >= 15 is 0 Å². The van der Waals surface area contributed by atoms with Crippen LogP contribution in [-0.4, -0.2) is 11.2 Å². The molecule has 1 heterocycles. The number of anilines is 3. The van der Waals surface area contributed by atoms with E-state index in [1.807, 2.05) is 0 Å². The molecule has 0 saturated carbocycles. The summed E-state index contributed by atoms with van der Waals surface area (Å²) < 4.78 is 12.8. The summed E-state index contributed by atoms with van der Waals surface area (Å²) in [6, 6.07) is 76.4. The largest absolute Gasteiger partial charge is 0.339 e. The molecule has 0 radical (unpaired) electrons. The van der Waals surface area contributed by atoms with Crippen LogP contribution >= 0.6 is 0 Å². The predicted molar refractivity (Wildman–Crippen MR) is 294 cm³/mol. The molecule has 9 aromatic carbocycles. The lowest BCUT2D eigenvalue weighted by atomic mass is 9.77. The van der Waals surface area contributed by atoms with Crippen molar-refractivity contribution in [1.82, 2.24) is 0 Å². The van der Waals surface area contributed by atoms with Crippen LogP contribution in [0.3, 0.4) is 0 Å². The molecule has 0 aliphatic carbocycles. The van der Waals surface area contributed by atoms with Gasteiger partial charge in [0.25, 0.3) is 0 Å².